The maximum atomic E-state index is 13.4. The average molecular weight is 518 g/mol. The van der Waals surface area contributed by atoms with Gasteiger partial charge in [-0.2, -0.15) is 13.2 Å². The lowest BCUT2D eigenvalue weighted by Gasteiger charge is -2.10. The van der Waals surface area contributed by atoms with Crippen LogP contribution in [0.3, 0.4) is 0 Å². The van der Waals surface area contributed by atoms with Gasteiger partial charge >= 0.3 is 6.18 Å². The number of alkyl halides is 3. The average Bonchev–Trinajstić information content (AvgIpc) is 3.24. The Morgan fingerprint density at radius 2 is 1.69 bits per heavy atom. The number of carbonyl (C=O) groups is 3. The van der Waals surface area contributed by atoms with E-state index < -0.39 is 23.5 Å². The number of hydrogen-bond acceptors (Lipinski definition) is 5. The number of nitrogens with zero attached hydrogens (tertiary/aromatic N) is 2. The minimum absolute atomic E-state index is 0.0350. The van der Waals surface area contributed by atoms with Crippen LogP contribution in [0.25, 0.3) is 5.69 Å². The van der Waals surface area contributed by atoms with E-state index in [4.69, 9.17) is 25.9 Å². The summed E-state index contributed by atoms with van der Waals surface area (Å²) in [4.78, 5) is 31.4. The molecule has 0 aliphatic heterocycles. The van der Waals surface area contributed by atoms with Crippen molar-refractivity contribution in [1.82, 2.24) is 14.9 Å². The number of amides is 1. The third-order valence-corrected chi connectivity index (χ3v) is 4.62. The van der Waals surface area contributed by atoms with E-state index >= 15 is 0 Å². The van der Waals surface area contributed by atoms with Gasteiger partial charge in [0.25, 0.3) is 5.91 Å². The van der Waals surface area contributed by atoms with E-state index in [9.17, 15) is 22.4 Å². The van der Waals surface area contributed by atoms with Crippen molar-refractivity contribution in [3.8, 4) is 11.4 Å². The summed E-state index contributed by atoms with van der Waals surface area (Å²) in [6, 6.07) is 7.73. The SMILES string of the molecule is C=O.C=O.CNC(=O)c1cn(-c2cc(F)cc(C(F)(F)F)c2)c(C)n1.COc1ccc(Cl)c(C)c1. The summed E-state index contributed by atoms with van der Waals surface area (Å²) in [5, 5.41) is 3.13. The Kier molecular flexibility index (Phi) is 13.0. The number of ether oxygens (including phenoxy) is 1. The molecule has 0 aliphatic rings. The van der Waals surface area contributed by atoms with E-state index in [1.165, 1.54) is 24.7 Å². The van der Waals surface area contributed by atoms with Crippen molar-refractivity contribution in [2.75, 3.05) is 14.2 Å². The van der Waals surface area contributed by atoms with Crippen molar-refractivity contribution < 1.29 is 36.7 Å². The number of nitrogens with one attached hydrogen (secondary N) is 1. The highest BCUT2D eigenvalue weighted by molar-refractivity contribution is 6.31. The van der Waals surface area contributed by atoms with Gasteiger partial charge in [-0.1, -0.05) is 11.6 Å². The molecule has 0 unspecified atom stereocenters. The molecule has 12 heteroatoms. The van der Waals surface area contributed by atoms with E-state index in [0.29, 0.717) is 6.07 Å². The molecule has 0 fully saturated rings. The molecule has 0 aliphatic carbocycles. The Morgan fingerprint density at radius 3 is 2.17 bits per heavy atom. The lowest BCUT2D eigenvalue weighted by Crippen LogP contribution is -2.18. The summed E-state index contributed by atoms with van der Waals surface area (Å²) >= 11 is 5.78. The Bertz CT molecular complexity index is 1120. The number of aryl methyl sites for hydroxylation is 2. The van der Waals surface area contributed by atoms with Gasteiger partial charge in [0.05, 0.1) is 18.4 Å². The predicted molar refractivity (Wildman–Crippen MR) is 124 cm³/mol. The van der Waals surface area contributed by atoms with Crippen LogP contribution < -0.4 is 10.1 Å². The molecule has 0 saturated carbocycles. The predicted octanol–water partition coefficient (Wildman–Crippen LogP) is 4.99. The molecule has 3 aromatic rings. The quantitative estimate of drug-likeness (QED) is 0.495. The number of rotatable bonds is 3. The Labute approximate surface area is 204 Å². The van der Waals surface area contributed by atoms with Gasteiger partial charge in [-0.05, 0) is 55.8 Å². The van der Waals surface area contributed by atoms with Crippen LogP contribution in [0.15, 0.2) is 42.6 Å². The van der Waals surface area contributed by atoms with Crippen LogP contribution in [0.2, 0.25) is 5.02 Å². The summed E-state index contributed by atoms with van der Waals surface area (Å²) in [5.74, 6) is -0.382. The molecule has 0 bridgehead atoms. The molecule has 35 heavy (non-hydrogen) atoms. The summed E-state index contributed by atoms with van der Waals surface area (Å²) < 4.78 is 57.7. The molecule has 0 saturated heterocycles. The lowest BCUT2D eigenvalue weighted by atomic mass is 10.2. The molecular formula is C23H24ClF4N3O4. The van der Waals surface area contributed by atoms with E-state index in [-0.39, 0.29) is 17.2 Å². The van der Waals surface area contributed by atoms with Crippen molar-refractivity contribution in [2.45, 2.75) is 20.0 Å². The molecule has 1 aromatic heterocycles. The molecule has 190 valence electrons. The molecule has 1 amide bonds. The van der Waals surface area contributed by atoms with Gasteiger partial charge in [0.2, 0.25) is 0 Å². The molecule has 1 heterocycles. The molecule has 3 rings (SSSR count). The van der Waals surface area contributed by atoms with E-state index in [1.807, 2.05) is 38.7 Å². The topological polar surface area (TPSA) is 90.3 Å². The lowest BCUT2D eigenvalue weighted by molar-refractivity contribution is -0.137. The first-order chi connectivity index (χ1) is 16.5. The zero-order valence-electron chi connectivity index (χ0n) is 19.4. The number of methoxy groups -OCH3 is 1. The molecular weight excluding hydrogens is 494 g/mol. The highest BCUT2D eigenvalue weighted by Gasteiger charge is 2.31. The second kappa shape index (κ2) is 14.5. The minimum Gasteiger partial charge on any atom is -0.497 e. The standard InChI is InChI=1S/C13H11F4N3O.C8H9ClO.2CH2O/c1-7-19-11(12(21)18-2)6-20(7)10-4-8(13(15,16)17)3-9(14)5-10;1-6-5-7(10-2)3-4-8(6)9;2*1-2/h3-6H,1-2H3,(H,18,21);3-5H,1-2H3;2*1H2. The van der Waals surface area contributed by atoms with E-state index in [1.54, 1.807) is 7.11 Å². The van der Waals surface area contributed by atoms with Crippen molar-refractivity contribution in [3.63, 3.8) is 0 Å². The maximum Gasteiger partial charge on any atom is 0.416 e. The number of imidazole rings is 1. The number of halogens is 5. The second-order valence-electron chi connectivity index (χ2n) is 6.43. The first kappa shape index (κ1) is 31.3. The summed E-state index contributed by atoms with van der Waals surface area (Å²) in [6.45, 7) is 7.45. The molecule has 1 N–H and O–H groups in total. The van der Waals surface area contributed by atoms with Gasteiger partial charge in [-0.15, -0.1) is 0 Å². The number of hydrogen-bond donors (Lipinski definition) is 1. The number of benzene rings is 2. The van der Waals surface area contributed by atoms with Gasteiger partial charge in [-0.3, -0.25) is 4.79 Å². The molecule has 0 atom stereocenters. The smallest absolute Gasteiger partial charge is 0.416 e. The van der Waals surface area contributed by atoms with Crippen molar-refractivity contribution in [2.24, 2.45) is 0 Å². The fourth-order valence-electron chi connectivity index (χ4n) is 2.59. The second-order valence-corrected chi connectivity index (χ2v) is 6.84. The Balaban J connectivity index is 0.000000691. The van der Waals surface area contributed by atoms with Crippen molar-refractivity contribution in [1.29, 1.82) is 0 Å². The van der Waals surface area contributed by atoms with Crippen molar-refractivity contribution >= 4 is 31.1 Å². The highest BCUT2D eigenvalue weighted by atomic mass is 35.5. The number of carbonyl (C=O) groups excluding carboxylic acids is 3. The van der Waals surface area contributed by atoms with Crippen LogP contribution in [0.4, 0.5) is 17.6 Å². The van der Waals surface area contributed by atoms with Crippen LogP contribution in [-0.2, 0) is 15.8 Å². The summed E-state index contributed by atoms with van der Waals surface area (Å²) in [6.07, 6.45) is -3.40. The number of aromatic nitrogens is 2. The summed E-state index contributed by atoms with van der Waals surface area (Å²) in [7, 11) is 3.04. The fraction of sp³-hybridized carbons (Fsp3) is 0.217. The van der Waals surface area contributed by atoms with Gasteiger partial charge in [0.15, 0.2) is 0 Å². The Hall–Kier alpha value is -3.73. The molecule has 0 spiro atoms. The van der Waals surface area contributed by atoms with E-state index in [2.05, 4.69) is 10.3 Å². The molecule has 0 radical (unpaired) electrons. The summed E-state index contributed by atoms with van der Waals surface area (Å²) in [5.41, 5.74) is -0.0802. The van der Waals surface area contributed by atoms with Gasteiger partial charge in [-0.25, -0.2) is 9.37 Å². The van der Waals surface area contributed by atoms with Crippen molar-refractivity contribution in [3.05, 3.63) is 76.1 Å². The van der Waals surface area contributed by atoms with Crippen LogP contribution >= 0.6 is 11.6 Å². The molecule has 7 nitrogen and oxygen atoms in total. The zero-order valence-corrected chi connectivity index (χ0v) is 20.1. The van der Waals surface area contributed by atoms with Gasteiger partial charge in [0.1, 0.15) is 36.7 Å². The zero-order chi connectivity index (χ0) is 27.3. The fourth-order valence-corrected chi connectivity index (χ4v) is 2.71. The third-order valence-electron chi connectivity index (χ3n) is 4.20. The van der Waals surface area contributed by atoms with E-state index in [0.717, 1.165) is 28.5 Å². The highest BCUT2D eigenvalue weighted by Crippen LogP contribution is 2.31. The van der Waals surface area contributed by atoms with Gasteiger partial charge in [0, 0.05) is 18.3 Å². The van der Waals surface area contributed by atoms with Crippen LogP contribution in [0.5, 0.6) is 5.75 Å². The first-order valence-corrected chi connectivity index (χ1v) is 9.88. The van der Waals surface area contributed by atoms with Gasteiger partial charge < -0.3 is 24.2 Å². The Morgan fingerprint density at radius 1 is 1.09 bits per heavy atom. The molecule has 2 aromatic carbocycles. The van der Waals surface area contributed by atoms with Crippen LogP contribution in [0.1, 0.15) is 27.4 Å². The first-order valence-electron chi connectivity index (χ1n) is 9.50. The monoisotopic (exact) mass is 517 g/mol. The normalized spacial score (nSPS) is 9.86. The maximum absolute atomic E-state index is 13.4. The minimum atomic E-state index is -4.66. The third kappa shape index (κ3) is 9.20. The van der Waals surface area contributed by atoms with Crippen LogP contribution in [0, 0.1) is 19.7 Å². The van der Waals surface area contributed by atoms with Crippen LogP contribution in [-0.4, -0.2) is 43.2 Å². The largest absolute Gasteiger partial charge is 0.497 e.